The van der Waals surface area contributed by atoms with Gasteiger partial charge in [-0.1, -0.05) is 25.4 Å². The fraction of sp³-hybridized carbons (Fsp3) is 0.444. The molecule has 1 unspecified atom stereocenters. The van der Waals surface area contributed by atoms with E-state index in [2.05, 4.69) is 25.5 Å². The second kappa shape index (κ2) is 13.0. The Morgan fingerprint density at radius 1 is 1.26 bits per heavy atom. The normalized spacial score (nSPS) is 16.0. The second-order valence-corrected chi connectivity index (χ2v) is 9.94. The predicted octanol–water partition coefficient (Wildman–Crippen LogP) is 4.42. The van der Waals surface area contributed by atoms with Gasteiger partial charge in [-0.2, -0.15) is 0 Å². The maximum atomic E-state index is 13.6. The van der Waals surface area contributed by atoms with Crippen molar-refractivity contribution in [3.63, 3.8) is 0 Å². The number of anilines is 2. The Kier molecular flexibility index (Phi) is 9.54. The quantitative estimate of drug-likeness (QED) is 0.268. The minimum absolute atomic E-state index is 0.0160. The van der Waals surface area contributed by atoms with E-state index in [1.807, 2.05) is 19.9 Å². The Hall–Kier alpha value is -3.21. The first-order valence-electron chi connectivity index (χ1n) is 12.6. The largest absolute Gasteiger partial charge is 0.493 e. The van der Waals surface area contributed by atoms with Gasteiger partial charge in [0.05, 0.1) is 30.9 Å². The van der Waals surface area contributed by atoms with E-state index in [0.717, 1.165) is 26.1 Å². The van der Waals surface area contributed by atoms with Gasteiger partial charge in [-0.15, -0.1) is 0 Å². The fourth-order valence-electron chi connectivity index (χ4n) is 4.14. The molecule has 1 fully saturated rings. The van der Waals surface area contributed by atoms with Crippen LogP contribution in [0.15, 0.2) is 36.7 Å². The zero-order chi connectivity index (χ0) is 27.1. The molecule has 0 spiro atoms. The van der Waals surface area contributed by atoms with Gasteiger partial charge in [0.2, 0.25) is 0 Å². The molecular formula is C27H33ClFN5O4. The molecule has 9 nitrogen and oxygen atoms in total. The molecule has 2 heterocycles. The number of carbonyl (C=O) groups is 1. The fourth-order valence-corrected chi connectivity index (χ4v) is 4.32. The van der Waals surface area contributed by atoms with Crippen LogP contribution >= 0.6 is 11.6 Å². The Labute approximate surface area is 226 Å². The van der Waals surface area contributed by atoms with Crippen LogP contribution < -0.4 is 20.1 Å². The number of ether oxygens (including phenoxy) is 3. The van der Waals surface area contributed by atoms with Crippen LogP contribution in [0, 0.1) is 11.7 Å². The number of methoxy groups -OCH3 is 1. The molecule has 1 aliphatic rings. The third kappa shape index (κ3) is 7.21. The third-order valence-corrected chi connectivity index (χ3v) is 6.37. The summed E-state index contributed by atoms with van der Waals surface area (Å²) in [5.74, 6) is 1.26. The molecule has 1 atom stereocenters. The molecule has 11 heteroatoms. The summed E-state index contributed by atoms with van der Waals surface area (Å²) in [6, 6.07) is 7.68. The topological polar surface area (TPSA) is 97.8 Å². The van der Waals surface area contributed by atoms with Crippen molar-refractivity contribution < 1.29 is 23.4 Å². The van der Waals surface area contributed by atoms with Crippen molar-refractivity contribution in [1.29, 1.82) is 0 Å². The lowest BCUT2D eigenvalue weighted by Crippen LogP contribution is -2.54. The number of halogens is 2. The molecule has 0 aliphatic carbocycles. The molecule has 0 bridgehead atoms. The summed E-state index contributed by atoms with van der Waals surface area (Å²) in [5, 5.41) is 7.14. The molecule has 2 N–H and O–H groups in total. The number of rotatable bonds is 11. The maximum absolute atomic E-state index is 13.6. The van der Waals surface area contributed by atoms with Gasteiger partial charge < -0.3 is 24.8 Å². The molecule has 2 aromatic carbocycles. The van der Waals surface area contributed by atoms with Crippen LogP contribution in [0.3, 0.4) is 0 Å². The molecule has 1 aromatic heterocycles. The van der Waals surface area contributed by atoms with E-state index in [9.17, 15) is 9.18 Å². The zero-order valence-electron chi connectivity index (χ0n) is 21.8. The molecule has 0 saturated carbocycles. The van der Waals surface area contributed by atoms with Crippen molar-refractivity contribution >= 4 is 40.0 Å². The first-order chi connectivity index (χ1) is 18.3. The molecule has 1 aliphatic heterocycles. The standard InChI is InChI=1S/C27H33ClFN5O4/c1-17(2)15-38-27(35)23-14-34(9-7-30-23)8-4-10-37-25-12-19-22(13-24(25)36-3)31-16-32-26(19)33-18-5-6-21(29)20(28)11-18/h5-6,11-13,16-17,23,30H,4,7-10,14-15H2,1-3H3,(H,31,32,33). The summed E-state index contributed by atoms with van der Waals surface area (Å²) in [6.07, 6.45) is 2.20. The van der Waals surface area contributed by atoms with E-state index in [-0.39, 0.29) is 17.0 Å². The number of nitrogens with one attached hydrogen (secondary N) is 2. The van der Waals surface area contributed by atoms with Gasteiger partial charge >= 0.3 is 5.97 Å². The van der Waals surface area contributed by atoms with Crippen LogP contribution in [-0.2, 0) is 9.53 Å². The van der Waals surface area contributed by atoms with Crippen molar-refractivity contribution in [2.45, 2.75) is 26.3 Å². The monoisotopic (exact) mass is 545 g/mol. The number of piperazine rings is 1. The predicted molar refractivity (Wildman–Crippen MR) is 145 cm³/mol. The van der Waals surface area contributed by atoms with Gasteiger partial charge in [-0.25, -0.2) is 14.4 Å². The van der Waals surface area contributed by atoms with Gasteiger partial charge in [0.15, 0.2) is 11.5 Å². The van der Waals surface area contributed by atoms with E-state index >= 15 is 0 Å². The number of fused-ring (bicyclic) bond motifs is 1. The van der Waals surface area contributed by atoms with E-state index in [1.165, 1.54) is 18.5 Å². The van der Waals surface area contributed by atoms with E-state index in [1.54, 1.807) is 19.2 Å². The second-order valence-electron chi connectivity index (χ2n) is 9.53. The van der Waals surface area contributed by atoms with Crippen molar-refractivity contribution in [3.05, 3.63) is 47.5 Å². The SMILES string of the molecule is COc1cc2ncnc(Nc3ccc(F)c(Cl)c3)c2cc1OCCCN1CCNC(C(=O)OCC(C)C)C1. The molecular weight excluding hydrogens is 513 g/mol. The summed E-state index contributed by atoms with van der Waals surface area (Å²) in [7, 11) is 1.58. The van der Waals surface area contributed by atoms with Crippen LogP contribution in [0.1, 0.15) is 20.3 Å². The van der Waals surface area contributed by atoms with Gasteiger partial charge in [-0.3, -0.25) is 9.69 Å². The Balaban J connectivity index is 1.38. The summed E-state index contributed by atoms with van der Waals surface area (Å²) in [6.45, 7) is 7.90. The molecule has 3 aromatic rings. The van der Waals surface area contributed by atoms with Crippen molar-refractivity contribution in [1.82, 2.24) is 20.2 Å². The molecule has 1 saturated heterocycles. The number of hydrogen-bond donors (Lipinski definition) is 2. The summed E-state index contributed by atoms with van der Waals surface area (Å²) >= 11 is 5.92. The number of aromatic nitrogens is 2. The summed E-state index contributed by atoms with van der Waals surface area (Å²) < 4.78 is 30.6. The highest BCUT2D eigenvalue weighted by atomic mass is 35.5. The van der Waals surface area contributed by atoms with Crippen molar-refractivity contribution in [3.8, 4) is 11.5 Å². The van der Waals surface area contributed by atoms with Crippen molar-refractivity contribution in [2.75, 3.05) is 51.8 Å². The van der Waals surface area contributed by atoms with Crippen LogP contribution in [0.5, 0.6) is 11.5 Å². The van der Waals surface area contributed by atoms with Gasteiger partial charge in [0, 0.05) is 43.3 Å². The van der Waals surface area contributed by atoms with Crippen LogP contribution in [0.25, 0.3) is 10.9 Å². The van der Waals surface area contributed by atoms with Crippen LogP contribution in [-0.4, -0.2) is 73.4 Å². The lowest BCUT2D eigenvalue weighted by molar-refractivity contribution is -0.148. The summed E-state index contributed by atoms with van der Waals surface area (Å²) in [5.41, 5.74) is 1.26. The highest BCUT2D eigenvalue weighted by molar-refractivity contribution is 6.31. The van der Waals surface area contributed by atoms with Crippen LogP contribution in [0.2, 0.25) is 5.02 Å². The Morgan fingerprint density at radius 3 is 2.87 bits per heavy atom. The van der Waals surface area contributed by atoms with Gasteiger partial charge in [0.1, 0.15) is 24.0 Å². The first-order valence-corrected chi connectivity index (χ1v) is 13.0. The molecule has 204 valence electrons. The van der Waals surface area contributed by atoms with Crippen LogP contribution in [0.4, 0.5) is 15.9 Å². The number of carbonyl (C=O) groups excluding carboxylic acids is 1. The Bertz CT molecular complexity index is 1260. The van der Waals surface area contributed by atoms with Crippen molar-refractivity contribution in [2.24, 2.45) is 5.92 Å². The average molecular weight is 546 g/mol. The number of benzene rings is 2. The minimum atomic E-state index is -0.493. The maximum Gasteiger partial charge on any atom is 0.324 e. The third-order valence-electron chi connectivity index (χ3n) is 6.08. The zero-order valence-corrected chi connectivity index (χ0v) is 22.6. The molecule has 0 amide bonds. The van der Waals surface area contributed by atoms with E-state index < -0.39 is 5.82 Å². The first kappa shape index (κ1) is 27.8. The van der Waals surface area contributed by atoms with E-state index in [4.69, 9.17) is 25.8 Å². The number of hydrogen-bond acceptors (Lipinski definition) is 9. The van der Waals surface area contributed by atoms with E-state index in [0.29, 0.717) is 59.6 Å². The summed E-state index contributed by atoms with van der Waals surface area (Å²) in [4.78, 5) is 23.3. The smallest absolute Gasteiger partial charge is 0.324 e. The Morgan fingerprint density at radius 2 is 2.11 bits per heavy atom. The molecule has 38 heavy (non-hydrogen) atoms. The van der Waals surface area contributed by atoms with Gasteiger partial charge in [0.25, 0.3) is 0 Å². The molecule has 4 rings (SSSR count). The number of esters is 1. The average Bonchev–Trinajstić information content (AvgIpc) is 2.91. The van der Waals surface area contributed by atoms with Gasteiger partial charge in [-0.05, 0) is 36.6 Å². The highest BCUT2D eigenvalue weighted by Crippen LogP contribution is 2.35. The number of nitrogens with zero attached hydrogens (tertiary/aromatic N) is 3. The molecule has 0 radical (unpaired) electrons. The lowest BCUT2D eigenvalue weighted by Gasteiger charge is -2.32. The lowest BCUT2D eigenvalue weighted by atomic mass is 10.2. The highest BCUT2D eigenvalue weighted by Gasteiger charge is 2.26. The minimum Gasteiger partial charge on any atom is -0.493 e.